The van der Waals surface area contributed by atoms with Gasteiger partial charge in [0.25, 0.3) is 0 Å². The van der Waals surface area contributed by atoms with Gasteiger partial charge in [0.2, 0.25) is 0 Å². The van der Waals surface area contributed by atoms with E-state index in [-0.39, 0.29) is 0 Å². The molecule has 2 heteroatoms. The Labute approximate surface area is 119 Å². The Morgan fingerprint density at radius 1 is 1.11 bits per heavy atom. The molecule has 108 valence electrons. The summed E-state index contributed by atoms with van der Waals surface area (Å²) in [7, 11) is 0. The molecule has 1 atom stereocenters. The van der Waals surface area contributed by atoms with Crippen LogP contribution in [0.1, 0.15) is 52.6 Å². The topological polar surface area (TPSA) is 15.3 Å². The van der Waals surface area contributed by atoms with E-state index in [9.17, 15) is 0 Å². The SMILES string of the molecule is CCCNC(C)c1ccccc1N(CC)CC(C)C. The van der Waals surface area contributed by atoms with Gasteiger partial charge < -0.3 is 10.2 Å². The van der Waals surface area contributed by atoms with Crippen molar-refractivity contribution in [1.82, 2.24) is 5.32 Å². The molecule has 1 rings (SSSR count). The van der Waals surface area contributed by atoms with Crippen molar-refractivity contribution in [2.24, 2.45) is 5.92 Å². The lowest BCUT2D eigenvalue weighted by atomic mass is 10.0. The van der Waals surface area contributed by atoms with Crippen LogP contribution in [0, 0.1) is 5.92 Å². The summed E-state index contributed by atoms with van der Waals surface area (Å²) in [6.07, 6.45) is 1.18. The van der Waals surface area contributed by atoms with E-state index in [1.54, 1.807) is 0 Å². The van der Waals surface area contributed by atoms with Crippen LogP contribution in [0.15, 0.2) is 24.3 Å². The van der Waals surface area contributed by atoms with E-state index in [1.165, 1.54) is 17.7 Å². The summed E-state index contributed by atoms with van der Waals surface area (Å²) in [5.41, 5.74) is 2.80. The number of rotatable bonds is 8. The molecule has 0 aliphatic heterocycles. The van der Waals surface area contributed by atoms with Gasteiger partial charge in [-0.25, -0.2) is 0 Å². The summed E-state index contributed by atoms with van der Waals surface area (Å²) >= 11 is 0. The number of anilines is 1. The molecule has 0 saturated heterocycles. The van der Waals surface area contributed by atoms with Gasteiger partial charge in [0.1, 0.15) is 0 Å². The number of nitrogens with one attached hydrogen (secondary N) is 1. The lowest BCUT2D eigenvalue weighted by molar-refractivity contribution is 0.564. The number of benzene rings is 1. The molecule has 0 radical (unpaired) electrons. The van der Waals surface area contributed by atoms with E-state index in [0.29, 0.717) is 12.0 Å². The molecule has 1 aromatic carbocycles. The van der Waals surface area contributed by atoms with Crippen LogP contribution >= 0.6 is 0 Å². The van der Waals surface area contributed by atoms with Crippen LogP contribution in [0.2, 0.25) is 0 Å². The Kier molecular flexibility index (Phi) is 6.93. The van der Waals surface area contributed by atoms with Gasteiger partial charge in [-0.3, -0.25) is 0 Å². The van der Waals surface area contributed by atoms with Crippen molar-refractivity contribution >= 4 is 5.69 Å². The first-order chi connectivity index (χ1) is 9.10. The number of hydrogen-bond donors (Lipinski definition) is 1. The minimum atomic E-state index is 0.414. The van der Waals surface area contributed by atoms with Crippen LogP contribution in [0.4, 0.5) is 5.69 Å². The standard InChI is InChI=1S/C17H30N2/c1-6-12-18-15(5)16-10-8-9-11-17(16)19(7-2)13-14(3)4/h8-11,14-15,18H,6-7,12-13H2,1-5H3. The fraction of sp³-hybridized carbons (Fsp3) is 0.647. The minimum Gasteiger partial charge on any atom is -0.371 e. The molecule has 1 aromatic rings. The van der Waals surface area contributed by atoms with Gasteiger partial charge in [-0.1, -0.05) is 39.0 Å². The monoisotopic (exact) mass is 262 g/mol. The van der Waals surface area contributed by atoms with Crippen molar-refractivity contribution in [3.63, 3.8) is 0 Å². The van der Waals surface area contributed by atoms with Gasteiger partial charge in [0.15, 0.2) is 0 Å². The van der Waals surface area contributed by atoms with Crippen molar-refractivity contribution in [3.8, 4) is 0 Å². The third kappa shape index (κ3) is 4.87. The second-order valence-electron chi connectivity index (χ2n) is 5.67. The van der Waals surface area contributed by atoms with Gasteiger partial charge in [0.05, 0.1) is 0 Å². The molecule has 0 aromatic heterocycles. The molecule has 0 fully saturated rings. The largest absolute Gasteiger partial charge is 0.371 e. The smallest absolute Gasteiger partial charge is 0.0414 e. The lowest BCUT2D eigenvalue weighted by Gasteiger charge is -2.29. The predicted octanol–water partition coefficient (Wildman–Crippen LogP) is 4.23. The van der Waals surface area contributed by atoms with Crippen LogP contribution < -0.4 is 10.2 Å². The average molecular weight is 262 g/mol. The third-order valence-electron chi connectivity index (χ3n) is 3.41. The summed E-state index contributed by atoms with van der Waals surface area (Å²) < 4.78 is 0. The van der Waals surface area contributed by atoms with E-state index in [2.05, 4.69) is 69.1 Å². The fourth-order valence-corrected chi connectivity index (χ4v) is 2.45. The molecule has 0 heterocycles. The molecule has 0 saturated carbocycles. The average Bonchev–Trinajstić information content (AvgIpc) is 2.42. The molecule has 1 N–H and O–H groups in total. The van der Waals surface area contributed by atoms with Crippen molar-refractivity contribution in [1.29, 1.82) is 0 Å². The van der Waals surface area contributed by atoms with Crippen molar-refractivity contribution in [2.75, 3.05) is 24.5 Å². The molecule has 1 unspecified atom stereocenters. The van der Waals surface area contributed by atoms with Gasteiger partial charge in [0, 0.05) is 24.8 Å². The van der Waals surface area contributed by atoms with Crippen molar-refractivity contribution in [2.45, 2.75) is 47.1 Å². The maximum atomic E-state index is 3.59. The second kappa shape index (κ2) is 8.21. The maximum absolute atomic E-state index is 3.59. The zero-order valence-corrected chi connectivity index (χ0v) is 13.2. The van der Waals surface area contributed by atoms with Crippen LogP contribution in [0.3, 0.4) is 0 Å². The van der Waals surface area contributed by atoms with Crippen LogP contribution in [-0.4, -0.2) is 19.6 Å². The predicted molar refractivity (Wildman–Crippen MR) is 85.9 cm³/mol. The Morgan fingerprint density at radius 2 is 1.79 bits per heavy atom. The van der Waals surface area contributed by atoms with E-state index >= 15 is 0 Å². The van der Waals surface area contributed by atoms with E-state index in [0.717, 1.165) is 19.6 Å². The van der Waals surface area contributed by atoms with E-state index in [4.69, 9.17) is 0 Å². The Hall–Kier alpha value is -1.02. The van der Waals surface area contributed by atoms with Gasteiger partial charge in [-0.05, 0) is 44.4 Å². The quantitative estimate of drug-likeness (QED) is 0.754. The highest BCUT2D eigenvalue weighted by Crippen LogP contribution is 2.26. The van der Waals surface area contributed by atoms with E-state index in [1.807, 2.05) is 0 Å². The van der Waals surface area contributed by atoms with E-state index < -0.39 is 0 Å². The zero-order chi connectivity index (χ0) is 14.3. The molecule has 0 aliphatic rings. The van der Waals surface area contributed by atoms with Crippen LogP contribution in [-0.2, 0) is 0 Å². The van der Waals surface area contributed by atoms with Crippen LogP contribution in [0.25, 0.3) is 0 Å². The van der Waals surface area contributed by atoms with Crippen LogP contribution in [0.5, 0.6) is 0 Å². The first-order valence-corrected chi connectivity index (χ1v) is 7.67. The number of hydrogen-bond acceptors (Lipinski definition) is 2. The zero-order valence-electron chi connectivity index (χ0n) is 13.2. The summed E-state index contributed by atoms with van der Waals surface area (Å²) in [6.45, 7) is 14.5. The summed E-state index contributed by atoms with van der Waals surface area (Å²) in [5.74, 6) is 0.687. The lowest BCUT2D eigenvalue weighted by Crippen LogP contribution is -2.30. The molecule has 19 heavy (non-hydrogen) atoms. The Morgan fingerprint density at radius 3 is 2.37 bits per heavy atom. The van der Waals surface area contributed by atoms with Gasteiger partial charge in [-0.15, -0.1) is 0 Å². The van der Waals surface area contributed by atoms with Gasteiger partial charge in [-0.2, -0.15) is 0 Å². The molecule has 2 nitrogen and oxygen atoms in total. The Balaban J connectivity index is 2.92. The highest BCUT2D eigenvalue weighted by atomic mass is 15.1. The van der Waals surface area contributed by atoms with Crippen molar-refractivity contribution in [3.05, 3.63) is 29.8 Å². The molecule has 0 amide bonds. The molecule has 0 aliphatic carbocycles. The summed E-state index contributed by atoms with van der Waals surface area (Å²) in [6, 6.07) is 9.22. The van der Waals surface area contributed by atoms with Gasteiger partial charge >= 0.3 is 0 Å². The van der Waals surface area contributed by atoms with Crippen molar-refractivity contribution < 1.29 is 0 Å². The molecular weight excluding hydrogens is 232 g/mol. The first-order valence-electron chi connectivity index (χ1n) is 7.67. The third-order valence-corrected chi connectivity index (χ3v) is 3.41. The summed E-state index contributed by atoms with van der Waals surface area (Å²) in [5, 5.41) is 3.59. The minimum absolute atomic E-state index is 0.414. The normalized spacial score (nSPS) is 12.7. The highest BCUT2D eigenvalue weighted by molar-refractivity contribution is 5.55. The Bertz CT molecular complexity index is 360. The number of nitrogens with zero attached hydrogens (tertiary/aromatic N) is 1. The molecule has 0 bridgehead atoms. The number of para-hydroxylation sites is 1. The molecule has 0 spiro atoms. The first kappa shape index (κ1) is 16.0. The molecular formula is C17H30N2. The summed E-state index contributed by atoms with van der Waals surface area (Å²) in [4.78, 5) is 2.49. The highest BCUT2D eigenvalue weighted by Gasteiger charge is 2.14. The maximum Gasteiger partial charge on any atom is 0.0414 e. The second-order valence-corrected chi connectivity index (χ2v) is 5.67. The fourth-order valence-electron chi connectivity index (χ4n) is 2.45.